The molecule has 1 heterocycles. The SMILES string of the molecule is O=C(O)c1csc(CNCCCC(F)(F)F)c1. The third-order valence-electron chi connectivity index (χ3n) is 2.01. The average molecular weight is 267 g/mol. The van der Waals surface area contributed by atoms with Crippen LogP contribution in [0.4, 0.5) is 13.2 Å². The Balaban J connectivity index is 2.20. The van der Waals surface area contributed by atoms with Crippen molar-refractivity contribution in [2.45, 2.75) is 25.6 Å². The van der Waals surface area contributed by atoms with Crippen LogP contribution in [0.2, 0.25) is 0 Å². The highest BCUT2D eigenvalue weighted by Crippen LogP contribution is 2.20. The van der Waals surface area contributed by atoms with Gasteiger partial charge in [0.1, 0.15) is 0 Å². The van der Waals surface area contributed by atoms with Crippen molar-refractivity contribution >= 4 is 17.3 Å². The van der Waals surface area contributed by atoms with Gasteiger partial charge in [-0.05, 0) is 19.0 Å². The molecule has 0 aliphatic carbocycles. The molecular weight excluding hydrogens is 255 g/mol. The van der Waals surface area contributed by atoms with E-state index in [0.29, 0.717) is 6.54 Å². The molecule has 7 heteroatoms. The van der Waals surface area contributed by atoms with Crippen LogP contribution >= 0.6 is 11.3 Å². The van der Waals surface area contributed by atoms with E-state index in [1.165, 1.54) is 22.8 Å². The predicted molar refractivity (Wildman–Crippen MR) is 58.3 cm³/mol. The van der Waals surface area contributed by atoms with Gasteiger partial charge in [0, 0.05) is 23.2 Å². The van der Waals surface area contributed by atoms with Crippen LogP contribution in [0.1, 0.15) is 28.1 Å². The van der Waals surface area contributed by atoms with E-state index in [4.69, 9.17) is 5.11 Å². The third kappa shape index (κ3) is 5.69. The molecule has 1 aromatic rings. The van der Waals surface area contributed by atoms with Gasteiger partial charge in [-0.25, -0.2) is 4.79 Å². The molecule has 2 N–H and O–H groups in total. The fraction of sp³-hybridized carbons (Fsp3) is 0.500. The van der Waals surface area contributed by atoms with Gasteiger partial charge in [-0.2, -0.15) is 13.2 Å². The summed E-state index contributed by atoms with van der Waals surface area (Å²) in [5.74, 6) is -0.996. The Morgan fingerprint density at radius 2 is 2.18 bits per heavy atom. The van der Waals surface area contributed by atoms with Crippen molar-refractivity contribution in [3.05, 3.63) is 21.9 Å². The maximum atomic E-state index is 11.8. The van der Waals surface area contributed by atoms with E-state index in [0.717, 1.165) is 4.88 Å². The highest BCUT2D eigenvalue weighted by molar-refractivity contribution is 7.10. The molecule has 0 saturated heterocycles. The van der Waals surface area contributed by atoms with Gasteiger partial charge in [0.2, 0.25) is 0 Å². The first-order chi connectivity index (χ1) is 7.88. The van der Waals surface area contributed by atoms with Gasteiger partial charge in [0.25, 0.3) is 0 Å². The summed E-state index contributed by atoms with van der Waals surface area (Å²) in [5.41, 5.74) is 0.210. The summed E-state index contributed by atoms with van der Waals surface area (Å²) < 4.78 is 35.4. The van der Waals surface area contributed by atoms with Crippen molar-refractivity contribution in [3.63, 3.8) is 0 Å². The second kappa shape index (κ2) is 6.02. The molecule has 0 bridgehead atoms. The van der Waals surface area contributed by atoms with Crippen molar-refractivity contribution in [2.24, 2.45) is 0 Å². The lowest BCUT2D eigenvalue weighted by Crippen LogP contribution is -2.17. The molecule has 1 rings (SSSR count). The summed E-state index contributed by atoms with van der Waals surface area (Å²) in [7, 11) is 0. The highest BCUT2D eigenvalue weighted by atomic mass is 32.1. The van der Waals surface area contributed by atoms with E-state index in [-0.39, 0.29) is 18.5 Å². The maximum Gasteiger partial charge on any atom is 0.389 e. The van der Waals surface area contributed by atoms with Crippen LogP contribution in [0, 0.1) is 0 Å². The number of carboxylic acids is 1. The first-order valence-corrected chi connectivity index (χ1v) is 5.84. The quantitative estimate of drug-likeness (QED) is 0.779. The molecule has 0 spiro atoms. The molecule has 1 aromatic heterocycles. The number of thiophene rings is 1. The van der Waals surface area contributed by atoms with E-state index in [1.54, 1.807) is 0 Å². The molecule has 0 unspecified atom stereocenters. The van der Waals surface area contributed by atoms with E-state index in [2.05, 4.69) is 5.32 Å². The minimum absolute atomic E-state index is 0.0284. The number of rotatable bonds is 6. The summed E-state index contributed by atoms with van der Waals surface area (Å²) in [6.45, 7) is 0.662. The largest absolute Gasteiger partial charge is 0.478 e. The Labute approximate surface area is 100 Å². The molecule has 0 fully saturated rings. The zero-order chi connectivity index (χ0) is 12.9. The summed E-state index contributed by atoms with van der Waals surface area (Å²) >= 11 is 1.28. The molecule has 0 aliphatic heterocycles. The van der Waals surface area contributed by atoms with E-state index in [1.807, 2.05) is 0 Å². The lowest BCUT2D eigenvalue weighted by atomic mass is 10.3. The van der Waals surface area contributed by atoms with Crippen molar-refractivity contribution in [1.29, 1.82) is 0 Å². The predicted octanol–water partition coefficient (Wildman–Crippen LogP) is 2.88. The van der Waals surface area contributed by atoms with Gasteiger partial charge >= 0.3 is 12.1 Å². The molecular formula is C10H12F3NO2S. The van der Waals surface area contributed by atoms with Crippen LogP contribution in [0.25, 0.3) is 0 Å². The number of nitrogens with one attached hydrogen (secondary N) is 1. The van der Waals surface area contributed by atoms with Crippen LogP contribution in [-0.4, -0.2) is 23.8 Å². The van der Waals surface area contributed by atoms with Gasteiger partial charge < -0.3 is 10.4 Å². The van der Waals surface area contributed by atoms with Gasteiger partial charge in [0.05, 0.1) is 5.56 Å². The number of halogens is 3. The molecule has 3 nitrogen and oxygen atoms in total. The Hall–Kier alpha value is -1.08. The van der Waals surface area contributed by atoms with Crippen molar-refractivity contribution in [1.82, 2.24) is 5.32 Å². The third-order valence-corrected chi connectivity index (χ3v) is 2.95. The topological polar surface area (TPSA) is 49.3 Å². The number of hydrogen-bond acceptors (Lipinski definition) is 3. The number of aromatic carboxylic acids is 1. The first kappa shape index (κ1) is 14.0. The van der Waals surface area contributed by atoms with Crippen molar-refractivity contribution in [2.75, 3.05) is 6.54 Å². The molecule has 0 atom stereocenters. The standard InChI is InChI=1S/C10H12F3NO2S/c11-10(12,13)2-1-3-14-5-8-4-7(6-17-8)9(15)16/h4,6,14H,1-3,5H2,(H,15,16). The van der Waals surface area contributed by atoms with E-state index in [9.17, 15) is 18.0 Å². The second-order valence-electron chi connectivity index (χ2n) is 3.50. The smallest absolute Gasteiger partial charge is 0.389 e. The molecule has 17 heavy (non-hydrogen) atoms. The maximum absolute atomic E-state index is 11.8. The van der Waals surface area contributed by atoms with Gasteiger partial charge in [-0.15, -0.1) is 11.3 Å². The monoisotopic (exact) mass is 267 g/mol. The Morgan fingerprint density at radius 1 is 1.47 bits per heavy atom. The fourth-order valence-corrected chi connectivity index (χ4v) is 2.04. The zero-order valence-corrected chi connectivity index (χ0v) is 9.70. The zero-order valence-electron chi connectivity index (χ0n) is 8.88. The highest BCUT2D eigenvalue weighted by Gasteiger charge is 2.25. The summed E-state index contributed by atoms with van der Waals surface area (Å²) in [6.07, 6.45) is -4.88. The number of alkyl halides is 3. The van der Waals surface area contributed by atoms with E-state index < -0.39 is 18.6 Å². The summed E-state index contributed by atoms with van der Waals surface area (Å²) in [6, 6.07) is 1.52. The molecule has 0 aliphatic rings. The van der Waals surface area contributed by atoms with Crippen LogP contribution < -0.4 is 5.32 Å². The van der Waals surface area contributed by atoms with Crippen molar-refractivity contribution in [3.8, 4) is 0 Å². The van der Waals surface area contributed by atoms with Gasteiger partial charge in [-0.1, -0.05) is 0 Å². The molecule has 0 amide bonds. The Kier molecular flexibility index (Phi) is 4.95. The Bertz CT molecular complexity index is 376. The first-order valence-electron chi connectivity index (χ1n) is 4.96. The average Bonchev–Trinajstić information content (AvgIpc) is 2.64. The van der Waals surface area contributed by atoms with Crippen LogP contribution in [0.5, 0.6) is 0 Å². The normalized spacial score (nSPS) is 11.7. The fourth-order valence-electron chi connectivity index (χ4n) is 1.21. The number of carbonyl (C=O) groups is 1. The molecule has 96 valence electrons. The molecule has 0 radical (unpaired) electrons. The van der Waals surface area contributed by atoms with Crippen molar-refractivity contribution < 1.29 is 23.1 Å². The Morgan fingerprint density at radius 3 is 2.71 bits per heavy atom. The minimum atomic E-state index is -4.11. The minimum Gasteiger partial charge on any atom is -0.478 e. The summed E-state index contributed by atoms with van der Waals surface area (Å²) in [4.78, 5) is 11.4. The van der Waals surface area contributed by atoms with Gasteiger partial charge in [0.15, 0.2) is 0 Å². The van der Waals surface area contributed by atoms with Crippen LogP contribution in [0.15, 0.2) is 11.4 Å². The lowest BCUT2D eigenvalue weighted by molar-refractivity contribution is -0.135. The van der Waals surface area contributed by atoms with Gasteiger partial charge in [-0.3, -0.25) is 0 Å². The van der Waals surface area contributed by atoms with Crippen LogP contribution in [0.3, 0.4) is 0 Å². The molecule has 0 saturated carbocycles. The van der Waals surface area contributed by atoms with E-state index >= 15 is 0 Å². The molecule has 0 aromatic carbocycles. The second-order valence-corrected chi connectivity index (χ2v) is 4.50. The summed E-state index contributed by atoms with van der Waals surface area (Å²) in [5, 5.41) is 13.0. The number of hydrogen-bond donors (Lipinski definition) is 2. The number of carboxylic acid groups (broad SMARTS) is 1. The lowest BCUT2D eigenvalue weighted by Gasteiger charge is -2.06. The van der Waals surface area contributed by atoms with Crippen LogP contribution in [-0.2, 0) is 6.54 Å².